The number of H-pyrrole nitrogens is 1. The number of β-amino-alcohol motifs (C(OH)–C–C–N with tert-alkyl or cyclic N) is 1. The maximum absolute atomic E-state index is 10.9. The third kappa shape index (κ3) is 6.23. The number of para-hydroxylation sites is 3. The second kappa shape index (κ2) is 10.7. The fourth-order valence-electron chi connectivity index (χ4n) is 4.06. The number of hydrogen-bond donors (Lipinski definition) is 4. The monoisotopic (exact) mass is 477 g/mol. The summed E-state index contributed by atoms with van der Waals surface area (Å²) in [5.74, 6) is 0.200. The van der Waals surface area contributed by atoms with Gasteiger partial charge in [0.05, 0.1) is 11.2 Å². The number of ether oxygens (including phenoxy) is 2. The van der Waals surface area contributed by atoms with Crippen LogP contribution < -0.4 is 14.8 Å². The molecule has 0 aliphatic heterocycles. The van der Waals surface area contributed by atoms with Gasteiger partial charge in [0.15, 0.2) is 6.61 Å². The van der Waals surface area contributed by atoms with Crippen LogP contribution in [0.1, 0.15) is 19.4 Å². The SMILES string of the molecule is CC(C)(Cc1c[nH]c2c(OCC(=O)O)cccc12)NC[C@H](O)COc1ccccc1-n1cccc1. The third-order valence-corrected chi connectivity index (χ3v) is 5.74. The zero-order chi connectivity index (χ0) is 24.8. The molecule has 8 nitrogen and oxygen atoms in total. The number of carboxylic acid groups (broad SMARTS) is 1. The lowest BCUT2D eigenvalue weighted by Crippen LogP contribution is -2.46. The van der Waals surface area contributed by atoms with Crippen LogP contribution in [0.4, 0.5) is 0 Å². The van der Waals surface area contributed by atoms with E-state index in [9.17, 15) is 9.90 Å². The molecule has 0 spiro atoms. The molecule has 0 bridgehead atoms. The highest BCUT2D eigenvalue weighted by atomic mass is 16.5. The maximum atomic E-state index is 10.9. The van der Waals surface area contributed by atoms with E-state index in [-0.39, 0.29) is 12.1 Å². The zero-order valence-electron chi connectivity index (χ0n) is 19.9. The van der Waals surface area contributed by atoms with E-state index >= 15 is 0 Å². The maximum Gasteiger partial charge on any atom is 0.341 e. The third-order valence-electron chi connectivity index (χ3n) is 5.74. The van der Waals surface area contributed by atoms with Crippen LogP contribution in [0.25, 0.3) is 16.6 Å². The summed E-state index contributed by atoms with van der Waals surface area (Å²) in [5.41, 5.74) is 2.46. The van der Waals surface area contributed by atoms with Crippen LogP contribution in [0.15, 0.2) is 73.2 Å². The number of nitrogens with zero attached hydrogens (tertiary/aromatic N) is 1. The van der Waals surface area contributed by atoms with E-state index < -0.39 is 18.7 Å². The van der Waals surface area contributed by atoms with Crippen LogP contribution in [-0.2, 0) is 11.2 Å². The second-order valence-electron chi connectivity index (χ2n) is 9.14. The Balaban J connectivity index is 1.34. The van der Waals surface area contributed by atoms with Gasteiger partial charge in [0.2, 0.25) is 0 Å². The van der Waals surface area contributed by atoms with Gasteiger partial charge in [0.1, 0.15) is 24.2 Å². The number of nitrogens with one attached hydrogen (secondary N) is 2. The average Bonchev–Trinajstić information content (AvgIpc) is 3.51. The molecule has 4 N–H and O–H groups in total. The fourth-order valence-corrected chi connectivity index (χ4v) is 4.06. The standard InChI is InChI=1S/C27H31N3O5/c1-27(2,14-19-15-28-26-21(19)8-7-11-24(26)35-18-25(32)33)29-16-20(31)17-34-23-10-4-3-9-22(23)30-12-5-6-13-30/h3-13,15,20,28-29,31H,14,16-18H2,1-2H3,(H,32,33)/t20-/m0/s1. The largest absolute Gasteiger partial charge is 0.489 e. The van der Waals surface area contributed by atoms with Gasteiger partial charge in [-0.15, -0.1) is 0 Å². The quantitative estimate of drug-likeness (QED) is 0.247. The number of carbonyl (C=O) groups is 1. The molecule has 0 radical (unpaired) electrons. The average molecular weight is 478 g/mol. The topological polar surface area (TPSA) is 109 Å². The summed E-state index contributed by atoms with van der Waals surface area (Å²) in [7, 11) is 0. The molecule has 0 saturated heterocycles. The van der Waals surface area contributed by atoms with Gasteiger partial charge in [-0.3, -0.25) is 0 Å². The summed E-state index contributed by atoms with van der Waals surface area (Å²) in [6.07, 6.45) is 5.83. The molecule has 184 valence electrons. The minimum Gasteiger partial charge on any atom is -0.489 e. The normalized spacial score (nSPS) is 12.5. The number of aliphatic hydroxyl groups excluding tert-OH is 1. The number of carboxylic acids is 1. The molecule has 0 fully saturated rings. The van der Waals surface area contributed by atoms with E-state index in [0.717, 1.165) is 22.2 Å². The van der Waals surface area contributed by atoms with Crippen LogP contribution in [-0.4, -0.2) is 57.1 Å². The Kier molecular flexibility index (Phi) is 7.43. The first-order chi connectivity index (χ1) is 16.8. The van der Waals surface area contributed by atoms with Crippen LogP contribution in [0, 0.1) is 0 Å². The Bertz CT molecular complexity index is 1260. The smallest absolute Gasteiger partial charge is 0.341 e. The summed E-state index contributed by atoms with van der Waals surface area (Å²) in [6, 6.07) is 17.2. The van der Waals surface area contributed by atoms with Crippen molar-refractivity contribution in [2.45, 2.75) is 31.9 Å². The molecule has 2 aromatic heterocycles. The zero-order valence-corrected chi connectivity index (χ0v) is 19.9. The highest BCUT2D eigenvalue weighted by molar-refractivity contribution is 5.88. The Morgan fingerprint density at radius 1 is 1.06 bits per heavy atom. The molecule has 0 aliphatic carbocycles. The van der Waals surface area contributed by atoms with Gasteiger partial charge in [-0.2, -0.15) is 0 Å². The lowest BCUT2D eigenvalue weighted by Gasteiger charge is -2.28. The van der Waals surface area contributed by atoms with Crippen molar-refractivity contribution in [1.29, 1.82) is 0 Å². The van der Waals surface area contributed by atoms with E-state index in [1.165, 1.54) is 0 Å². The van der Waals surface area contributed by atoms with Crippen molar-refractivity contribution in [2.75, 3.05) is 19.8 Å². The number of aromatic amines is 1. The molecule has 35 heavy (non-hydrogen) atoms. The Morgan fingerprint density at radius 2 is 1.80 bits per heavy atom. The Hall–Kier alpha value is -3.75. The highest BCUT2D eigenvalue weighted by Gasteiger charge is 2.22. The van der Waals surface area contributed by atoms with Crippen molar-refractivity contribution < 1.29 is 24.5 Å². The molecule has 0 aliphatic rings. The number of rotatable bonds is 12. The molecule has 0 amide bonds. The number of aliphatic carboxylic acids is 1. The van der Waals surface area contributed by atoms with E-state index in [2.05, 4.69) is 24.1 Å². The molecule has 0 saturated carbocycles. The van der Waals surface area contributed by atoms with E-state index in [1.54, 1.807) is 6.07 Å². The van der Waals surface area contributed by atoms with Crippen molar-refractivity contribution in [3.05, 3.63) is 78.8 Å². The van der Waals surface area contributed by atoms with Crippen molar-refractivity contribution in [1.82, 2.24) is 14.9 Å². The van der Waals surface area contributed by atoms with Crippen LogP contribution >= 0.6 is 0 Å². The summed E-state index contributed by atoms with van der Waals surface area (Å²) < 4.78 is 13.3. The fraction of sp³-hybridized carbons (Fsp3) is 0.296. The summed E-state index contributed by atoms with van der Waals surface area (Å²) >= 11 is 0. The molecule has 0 unspecified atom stereocenters. The minimum atomic E-state index is -1.02. The Labute approximate surface area is 204 Å². The van der Waals surface area contributed by atoms with Gasteiger partial charge >= 0.3 is 5.97 Å². The first-order valence-electron chi connectivity index (χ1n) is 11.5. The molecule has 2 aromatic carbocycles. The second-order valence-corrected chi connectivity index (χ2v) is 9.14. The van der Waals surface area contributed by atoms with Crippen molar-refractivity contribution in [3.8, 4) is 17.2 Å². The predicted octanol–water partition coefficient (Wildman–Crippen LogP) is 3.77. The summed E-state index contributed by atoms with van der Waals surface area (Å²) in [6.45, 7) is 4.29. The van der Waals surface area contributed by atoms with Crippen LogP contribution in [0.2, 0.25) is 0 Å². The van der Waals surface area contributed by atoms with Gasteiger partial charge in [-0.05, 0) is 56.2 Å². The van der Waals surface area contributed by atoms with Gasteiger partial charge in [0, 0.05) is 36.1 Å². The van der Waals surface area contributed by atoms with Crippen LogP contribution in [0.5, 0.6) is 11.5 Å². The lowest BCUT2D eigenvalue weighted by molar-refractivity contribution is -0.139. The molecule has 2 heterocycles. The first-order valence-corrected chi connectivity index (χ1v) is 11.5. The number of fused-ring (bicyclic) bond motifs is 1. The van der Waals surface area contributed by atoms with Crippen molar-refractivity contribution >= 4 is 16.9 Å². The summed E-state index contributed by atoms with van der Waals surface area (Å²) in [4.78, 5) is 14.1. The summed E-state index contributed by atoms with van der Waals surface area (Å²) in [5, 5.41) is 23.9. The highest BCUT2D eigenvalue weighted by Crippen LogP contribution is 2.29. The lowest BCUT2D eigenvalue weighted by atomic mass is 9.94. The van der Waals surface area contributed by atoms with Gasteiger partial charge in [-0.25, -0.2) is 4.79 Å². The van der Waals surface area contributed by atoms with Gasteiger partial charge < -0.3 is 34.6 Å². The van der Waals surface area contributed by atoms with E-state index in [4.69, 9.17) is 14.6 Å². The molecule has 1 atom stereocenters. The predicted molar refractivity (Wildman–Crippen MR) is 134 cm³/mol. The van der Waals surface area contributed by atoms with Crippen molar-refractivity contribution in [2.24, 2.45) is 0 Å². The molecule has 4 rings (SSSR count). The van der Waals surface area contributed by atoms with E-state index in [1.807, 2.05) is 71.7 Å². The Morgan fingerprint density at radius 3 is 2.57 bits per heavy atom. The molecule has 8 heteroatoms. The minimum absolute atomic E-state index is 0.165. The number of benzene rings is 2. The van der Waals surface area contributed by atoms with Gasteiger partial charge in [-0.1, -0.05) is 24.3 Å². The molecular weight excluding hydrogens is 446 g/mol. The molecule has 4 aromatic rings. The molecular formula is C27H31N3O5. The first kappa shape index (κ1) is 24.4. The van der Waals surface area contributed by atoms with Crippen LogP contribution in [0.3, 0.4) is 0 Å². The number of aromatic nitrogens is 2. The van der Waals surface area contributed by atoms with Gasteiger partial charge in [0.25, 0.3) is 0 Å². The number of aliphatic hydroxyl groups is 1. The van der Waals surface area contributed by atoms with Crippen molar-refractivity contribution in [3.63, 3.8) is 0 Å². The number of hydrogen-bond acceptors (Lipinski definition) is 5. The van der Waals surface area contributed by atoms with E-state index in [0.29, 0.717) is 24.5 Å².